The molecular formula is C8H11NO3S. The Morgan fingerprint density at radius 2 is 2.54 bits per heavy atom. The van der Waals surface area contributed by atoms with Crippen LogP contribution in [0.4, 0.5) is 0 Å². The van der Waals surface area contributed by atoms with Crippen molar-refractivity contribution in [2.75, 3.05) is 0 Å². The summed E-state index contributed by atoms with van der Waals surface area (Å²) in [6.45, 7) is 3.47. The lowest BCUT2D eigenvalue weighted by Gasteiger charge is -2.03. The third-order valence-corrected chi connectivity index (χ3v) is 2.80. The predicted molar refractivity (Wildman–Crippen MR) is 49.6 cm³/mol. The Labute approximate surface area is 80.3 Å². The van der Waals surface area contributed by atoms with Crippen molar-refractivity contribution in [2.45, 2.75) is 24.9 Å². The lowest BCUT2D eigenvalue weighted by atomic mass is 10.4. The zero-order chi connectivity index (χ0) is 9.84. The summed E-state index contributed by atoms with van der Waals surface area (Å²) in [6, 6.07) is 0. The molecule has 0 radical (unpaired) electrons. The summed E-state index contributed by atoms with van der Waals surface area (Å²) in [4.78, 5) is 14.4. The smallest absolute Gasteiger partial charge is 0.316 e. The molecule has 1 rings (SSSR count). The van der Waals surface area contributed by atoms with Crippen molar-refractivity contribution < 1.29 is 14.3 Å². The maximum Gasteiger partial charge on any atom is 0.316 e. The molecule has 1 unspecified atom stereocenters. The first kappa shape index (κ1) is 10.1. The fourth-order valence-electron chi connectivity index (χ4n) is 0.742. The molecule has 0 aromatic carbocycles. The standard InChI is InChI=1S/C8H11NO3S/c1-5-7(9-4-12-5)3-13-6(2)8(10)11/h4,6H,3H2,1-2H3,(H,10,11). The average Bonchev–Trinajstić information content (AvgIpc) is 2.47. The molecule has 0 amide bonds. The molecule has 0 saturated carbocycles. The number of thioether (sulfide) groups is 1. The van der Waals surface area contributed by atoms with E-state index in [1.807, 2.05) is 6.92 Å². The number of aromatic nitrogens is 1. The molecular weight excluding hydrogens is 190 g/mol. The second kappa shape index (κ2) is 4.32. The first-order valence-electron chi connectivity index (χ1n) is 3.84. The topological polar surface area (TPSA) is 63.3 Å². The molecule has 0 saturated heterocycles. The Kier molecular flexibility index (Phi) is 3.36. The van der Waals surface area contributed by atoms with Gasteiger partial charge in [-0.3, -0.25) is 4.79 Å². The third kappa shape index (κ3) is 2.77. The van der Waals surface area contributed by atoms with Gasteiger partial charge in [0.1, 0.15) is 5.76 Å². The minimum Gasteiger partial charge on any atom is -0.480 e. The minimum absolute atomic E-state index is 0.406. The van der Waals surface area contributed by atoms with Crippen molar-refractivity contribution in [1.82, 2.24) is 4.98 Å². The number of carboxylic acids is 1. The minimum atomic E-state index is -0.800. The van der Waals surface area contributed by atoms with E-state index in [1.54, 1.807) is 6.92 Å². The van der Waals surface area contributed by atoms with Crippen LogP contribution in [-0.4, -0.2) is 21.3 Å². The Morgan fingerprint density at radius 1 is 1.85 bits per heavy atom. The summed E-state index contributed by atoms with van der Waals surface area (Å²) in [5.74, 6) is 0.534. The van der Waals surface area contributed by atoms with E-state index in [4.69, 9.17) is 9.52 Å². The summed E-state index contributed by atoms with van der Waals surface area (Å²) < 4.78 is 4.99. The lowest BCUT2D eigenvalue weighted by Crippen LogP contribution is -2.11. The molecule has 4 nitrogen and oxygen atoms in total. The van der Waals surface area contributed by atoms with Gasteiger partial charge in [0.25, 0.3) is 0 Å². The summed E-state index contributed by atoms with van der Waals surface area (Å²) >= 11 is 1.33. The number of nitrogens with zero attached hydrogens (tertiary/aromatic N) is 1. The van der Waals surface area contributed by atoms with Gasteiger partial charge in [-0.15, -0.1) is 11.8 Å². The number of rotatable bonds is 4. The molecule has 1 atom stereocenters. The highest BCUT2D eigenvalue weighted by atomic mass is 32.2. The SMILES string of the molecule is Cc1ocnc1CSC(C)C(=O)O. The molecule has 5 heteroatoms. The zero-order valence-corrected chi connectivity index (χ0v) is 8.30. The lowest BCUT2D eigenvalue weighted by molar-refractivity contribution is -0.136. The second-order valence-electron chi connectivity index (χ2n) is 2.65. The van der Waals surface area contributed by atoms with Gasteiger partial charge in [0.15, 0.2) is 6.39 Å². The van der Waals surface area contributed by atoms with E-state index in [-0.39, 0.29) is 0 Å². The molecule has 0 fully saturated rings. The van der Waals surface area contributed by atoms with Crippen LogP contribution >= 0.6 is 11.8 Å². The predicted octanol–water partition coefficient (Wildman–Crippen LogP) is 1.69. The van der Waals surface area contributed by atoms with Gasteiger partial charge in [-0.25, -0.2) is 4.98 Å². The van der Waals surface area contributed by atoms with Crippen LogP contribution in [0.1, 0.15) is 18.4 Å². The molecule has 1 aromatic rings. The van der Waals surface area contributed by atoms with Gasteiger partial charge in [-0.05, 0) is 13.8 Å². The van der Waals surface area contributed by atoms with E-state index >= 15 is 0 Å². The second-order valence-corrected chi connectivity index (χ2v) is 3.98. The molecule has 0 aliphatic carbocycles. The molecule has 72 valence electrons. The molecule has 13 heavy (non-hydrogen) atoms. The monoisotopic (exact) mass is 201 g/mol. The Morgan fingerprint density at radius 3 is 3.00 bits per heavy atom. The van der Waals surface area contributed by atoms with Gasteiger partial charge in [0.2, 0.25) is 0 Å². The number of oxazole rings is 1. The zero-order valence-electron chi connectivity index (χ0n) is 7.48. The first-order valence-corrected chi connectivity index (χ1v) is 4.89. The van der Waals surface area contributed by atoms with Crippen molar-refractivity contribution >= 4 is 17.7 Å². The van der Waals surface area contributed by atoms with Crippen LogP contribution < -0.4 is 0 Å². The van der Waals surface area contributed by atoms with Crippen molar-refractivity contribution in [2.24, 2.45) is 0 Å². The molecule has 0 bridgehead atoms. The van der Waals surface area contributed by atoms with Gasteiger partial charge < -0.3 is 9.52 Å². The number of hydrogen-bond donors (Lipinski definition) is 1. The maximum absolute atomic E-state index is 10.5. The normalized spacial score (nSPS) is 12.8. The van der Waals surface area contributed by atoms with E-state index in [9.17, 15) is 4.79 Å². The highest BCUT2D eigenvalue weighted by Gasteiger charge is 2.12. The van der Waals surface area contributed by atoms with Gasteiger partial charge in [-0.1, -0.05) is 0 Å². The maximum atomic E-state index is 10.5. The summed E-state index contributed by atoms with van der Waals surface area (Å²) in [5, 5.41) is 8.21. The quantitative estimate of drug-likeness (QED) is 0.803. The molecule has 1 N–H and O–H groups in total. The largest absolute Gasteiger partial charge is 0.480 e. The van der Waals surface area contributed by atoms with Gasteiger partial charge in [0, 0.05) is 5.75 Å². The highest BCUT2D eigenvalue weighted by molar-refractivity contribution is 7.99. The number of hydrogen-bond acceptors (Lipinski definition) is 4. The number of aryl methyl sites for hydroxylation is 1. The molecule has 1 heterocycles. The van der Waals surface area contributed by atoms with E-state index < -0.39 is 11.2 Å². The Hall–Kier alpha value is -0.970. The van der Waals surface area contributed by atoms with E-state index in [0.29, 0.717) is 5.75 Å². The highest BCUT2D eigenvalue weighted by Crippen LogP contribution is 2.18. The Bertz CT molecular complexity index is 297. The van der Waals surface area contributed by atoms with Gasteiger partial charge in [-0.2, -0.15) is 0 Å². The van der Waals surface area contributed by atoms with Crippen molar-refractivity contribution in [3.63, 3.8) is 0 Å². The number of aliphatic carboxylic acids is 1. The van der Waals surface area contributed by atoms with Crippen LogP contribution in [0.2, 0.25) is 0 Å². The molecule has 0 aliphatic rings. The number of carbonyl (C=O) groups is 1. The fraction of sp³-hybridized carbons (Fsp3) is 0.500. The average molecular weight is 201 g/mol. The Balaban J connectivity index is 2.44. The van der Waals surface area contributed by atoms with Crippen LogP contribution in [0.5, 0.6) is 0 Å². The molecule has 0 aliphatic heterocycles. The summed E-state index contributed by atoms with van der Waals surface area (Å²) in [7, 11) is 0. The van der Waals surface area contributed by atoms with Crippen LogP contribution in [0, 0.1) is 6.92 Å². The summed E-state index contributed by atoms with van der Waals surface area (Å²) in [5.41, 5.74) is 0.818. The molecule has 0 spiro atoms. The van der Waals surface area contributed by atoms with Crippen LogP contribution in [-0.2, 0) is 10.5 Å². The summed E-state index contributed by atoms with van der Waals surface area (Å²) in [6.07, 6.45) is 1.37. The van der Waals surface area contributed by atoms with E-state index in [2.05, 4.69) is 4.98 Å². The van der Waals surface area contributed by atoms with Gasteiger partial charge >= 0.3 is 5.97 Å². The van der Waals surface area contributed by atoms with E-state index in [1.165, 1.54) is 18.2 Å². The molecule has 1 aromatic heterocycles. The number of carboxylic acid groups (broad SMARTS) is 1. The van der Waals surface area contributed by atoms with Gasteiger partial charge in [0.05, 0.1) is 10.9 Å². The fourth-order valence-corrected chi connectivity index (χ4v) is 1.57. The van der Waals surface area contributed by atoms with Crippen LogP contribution in [0.15, 0.2) is 10.8 Å². The first-order chi connectivity index (χ1) is 6.11. The van der Waals surface area contributed by atoms with Crippen molar-refractivity contribution in [1.29, 1.82) is 0 Å². The van der Waals surface area contributed by atoms with E-state index in [0.717, 1.165) is 11.5 Å². The van der Waals surface area contributed by atoms with Crippen molar-refractivity contribution in [3.05, 3.63) is 17.8 Å². The van der Waals surface area contributed by atoms with Crippen LogP contribution in [0.25, 0.3) is 0 Å². The van der Waals surface area contributed by atoms with Crippen LogP contribution in [0.3, 0.4) is 0 Å². The van der Waals surface area contributed by atoms with Crippen molar-refractivity contribution in [3.8, 4) is 0 Å². The third-order valence-electron chi connectivity index (χ3n) is 1.66.